The van der Waals surface area contributed by atoms with Gasteiger partial charge in [0, 0.05) is 41.7 Å². The summed E-state index contributed by atoms with van der Waals surface area (Å²) in [6.45, 7) is 2.20. The number of rotatable bonds is 6. The van der Waals surface area contributed by atoms with Gasteiger partial charge in [-0.15, -0.1) is 0 Å². The summed E-state index contributed by atoms with van der Waals surface area (Å²) in [5, 5.41) is 0. The Labute approximate surface area is 206 Å². The number of hydrogen-bond acceptors (Lipinski definition) is 7. The van der Waals surface area contributed by atoms with Crippen LogP contribution in [-0.2, 0) is 16.0 Å². The lowest BCUT2D eigenvalue weighted by molar-refractivity contribution is -0.141. The van der Waals surface area contributed by atoms with Crippen molar-refractivity contribution in [3.8, 4) is 23.0 Å². The zero-order valence-corrected chi connectivity index (χ0v) is 19.9. The molecule has 2 atom stereocenters. The fraction of sp³-hybridized carbons (Fsp3) is 0.286. The lowest BCUT2D eigenvalue weighted by Gasteiger charge is -2.17. The summed E-state index contributed by atoms with van der Waals surface area (Å²) in [6.07, 6.45) is 1.06. The van der Waals surface area contributed by atoms with Gasteiger partial charge in [-0.2, -0.15) is 0 Å². The number of ether oxygens (including phenoxy) is 4. The molecule has 0 unspecified atom stereocenters. The highest BCUT2D eigenvalue weighted by Gasteiger charge is 2.32. The zero-order valence-electron chi connectivity index (χ0n) is 19.9. The standard InChI is InChI=1S/C28H24FNO6/c1-15-30-22-12-17(4-8-24(22)34-15)35-23-10-7-21(29)28-20(23)6-9-25(28)36-18-3-5-19-16(11-27(31)32-2)14-33-26(19)13-18/h3-5,7-8,10,12-13,16,25H,6,9,11,14H2,1-2H3/t16-,25-/m1/s1. The first-order valence-electron chi connectivity index (χ1n) is 11.8. The van der Waals surface area contributed by atoms with Crippen LogP contribution in [0.5, 0.6) is 23.0 Å². The number of fused-ring (bicyclic) bond motifs is 3. The van der Waals surface area contributed by atoms with Gasteiger partial charge in [-0.3, -0.25) is 4.79 Å². The minimum atomic E-state index is -0.450. The summed E-state index contributed by atoms with van der Waals surface area (Å²) in [7, 11) is 1.38. The maximum Gasteiger partial charge on any atom is 0.306 e. The van der Waals surface area contributed by atoms with E-state index in [2.05, 4.69) is 4.98 Å². The number of oxazole rings is 1. The Bertz CT molecular complexity index is 1480. The van der Waals surface area contributed by atoms with Crippen LogP contribution in [0.1, 0.15) is 47.4 Å². The van der Waals surface area contributed by atoms with Gasteiger partial charge in [0.05, 0.1) is 20.1 Å². The van der Waals surface area contributed by atoms with Crippen molar-refractivity contribution >= 4 is 17.1 Å². The molecule has 0 fully saturated rings. The Balaban J connectivity index is 1.22. The van der Waals surface area contributed by atoms with Crippen molar-refractivity contribution < 1.29 is 32.5 Å². The largest absolute Gasteiger partial charge is 0.492 e. The maximum absolute atomic E-state index is 15.0. The summed E-state index contributed by atoms with van der Waals surface area (Å²) < 4.78 is 43.4. The molecule has 1 aromatic heterocycles. The second-order valence-electron chi connectivity index (χ2n) is 9.04. The van der Waals surface area contributed by atoms with Crippen LogP contribution in [-0.4, -0.2) is 24.7 Å². The SMILES string of the molecule is COC(=O)C[C@@H]1COc2cc(O[C@@H]3CCc4c(Oc5ccc6oc(C)nc6c5)ccc(F)c43)ccc21. The Morgan fingerprint density at radius 1 is 1.14 bits per heavy atom. The van der Waals surface area contributed by atoms with Crippen LogP contribution in [0.4, 0.5) is 4.39 Å². The van der Waals surface area contributed by atoms with Gasteiger partial charge in [0.25, 0.3) is 0 Å². The third-order valence-electron chi connectivity index (χ3n) is 6.72. The van der Waals surface area contributed by atoms with Crippen LogP contribution >= 0.6 is 0 Å². The molecule has 0 saturated carbocycles. The summed E-state index contributed by atoms with van der Waals surface area (Å²) in [5.74, 6) is 2.40. The topological polar surface area (TPSA) is 80.0 Å². The van der Waals surface area contributed by atoms with Crippen LogP contribution in [0.3, 0.4) is 0 Å². The van der Waals surface area contributed by atoms with Crippen molar-refractivity contribution in [2.45, 2.75) is 38.2 Å². The average Bonchev–Trinajstić information content (AvgIpc) is 3.57. The summed E-state index contributed by atoms with van der Waals surface area (Å²) in [4.78, 5) is 16.0. The summed E-state index contributed by atoms with van der Waals surface area (Å²) in [5.41, 5.74) is 3.65. The number of methoxy groups -OCH3 is 1. The van der Waals surface area contributed by atoms with Crippen molar-refractivity contribution in [2.24, 2.45) is 0 Å². The van der Waals surface area contributed by atoms with Crippen LogP contribution in [0, 0.1) is 12.7 Å². The molecule has 2 aliphatic rings. The molecule has 36 heavy (non-hydrogen) atoms. The van der Waals surface area contributed by atoms with Crippen LogP contribution in [0.25, 0.3) is 11.1 Å². The monoisotopic (exact) mass is 489 g/mol. The summed E-state index contributed by atoms with van der Waals surface area (Å²) in [6, 6.07) is 14.0. The molecule has 2 heterocycles. The second kappa shape index (κ2) is 8.86. The first-order chi connectivity index (χ1) is 17.5. The molecule has 6 rings (SSSR count). The van der Waals surface area contributed by atoms with Gasteiger partial charge in [-0.1, -0.05) is 6.07 Å². The lowest BCUT2D eigenvalue weighted by Crippen LogP contribution is -2.09. The first-order valence-corrected chi connectivity index (χ1v) is 11.8. The number of hydrogen-bond donors (Lipinski definition) is 0. The molecule has 0 N–H and O–H groups in total. The van der Waals surface area contributed by atoms with Crippen molar-refractivity contribution in [3.05, 3.63) is 76.9 Å². The van der Waals surface area contributed by atoms with E-state index in [1.54, 1.807) is 19.1 Å². The number of nitrogens with zero attached hydrogens (tertiary/aromatic N) is 1. The van der Waals surface area contributed by atoms with E-state index in [-0.39, 0.29) is 24.1 Å². The maximum atomic E-state index is 15.0. The average molecular weight is 489 g/mol. The van der Waals surface area contributed by atoms with Crippen molar-refractivity contribution in [2.75, 3.05) is 13.7 Å². The Morgan fingerprint density at radius 2 is 2.00 bits per heavy atom. The predicted octanol–water partition coefficient (Wildman–Crippen LogP) is 6.17. The molecular formula is C28H24FNO6. The molecule has 7 nitrogen and oxygen atoms in total. The molecule has 0 radical (unpaired) electrons. The van der Waals surface area contributed by atoms with E-state index in [1.807, 2.05) is 30.3 Å². The number of carbonyl (C=O) groups is 1. The van der Waals surface area contributed by atoms with Gasteiger partial charge in [0.2, 0.25) is 0 Å². The molecule has 0 amide bonds. The van der Waals surface area contributed by atoms with Gasteiger partial charge in [-0.05, 0) is 43.2 Å². The van der Waals surface area contributed by atoms with E-state index in [0.29, 0.717) is 65.0 Å². The van der Waals surface area contributed by atoms with E-state index in [0.717, 1.165) is 11.1 Å². The molecule has 3 aromatic carbocycles. The minimum absolute atomic E-state index is 0.0498. The van der Waals surface area contributed by atoms with E-state index in [4.69, 9.17) is 23.4 Å². The van der Waals surface area contributed by atoms with Crippen LogP contribution in [0.15, 0.2) is 52.9 Å². The number of aromatic nitrogens is 1. The van der Waals surface area contributed by atoms with Crippen molar-refractivity contribution in [1.29, 1.82) is 0 Å². The van der Waals surface area contributed by atoms with E-state index in [9.17, 15) is 9.18 Å². The van der Waals surface area contributed by atoms with Gasteiger partial charge < -0.3 is 23.4 Å². The number of benzene rings is 3. The molecule has 4 aromatic rings. The molecule has 0 saturated heterocycles. The number of halogens is 1. The third-order valence-corrected chi connectivity index (χ3v) is 6.72. The van der Waals surface area contributed by atoms with E-state index < -0.39 is 6.10 Å². The number of esters is 1. The summed E-state index contributed by atoms with van der Waals surface area (Å²) >= 11 is 0. The van der Waals surface area contributed by atoms with Gasteiger partial charge in [0.15, 0.2) is 11.5 Å². The van der Waals surface area contributed by atoms with Crippen LogP contribution < -0.4 is 14.2 Å². The van der Waals surface area contributed by atoms with Gasteiger partial charge in [0.1, 0.15) is 40.4 Å². The zero-order chi connectivity index (χ0) is 24.8. The smallest absolute Gasteiger partial charge is 0.306 e. The van der Waals surface area contributed by atoms with E-state index in [1.165, 1.54) is 13.2 Å². The van der Waals surface area contributed by atoms with Crippen LogP contribution in [0.2, 0.25) is 0 Å². The molecule has 1 aliphatic carbocycles. The Morgan fingerprint density at radius 3 is 2.86 bits per heavy atom. The minimum Gasteiger partial charge on any atom is -0.492 e. The third kappa shape index (κ3) is 4.02. The highest BCUT2D eigenvalue weighted by atomic mass is 19.1. The molecule has 8 heteroatoms. The Hall–Kier alpha value is -4.07. The predicted molar refractivity (Wildman–Crippen MR) is 128 cm³/mol. The normalized spacial score (nSPS) is 18.0. The van der Waals surface area contributed by atoms with E-state index >= 15 is 0 Å². The second-order valence-corrected chi connectivity index (χ2v) is 9.04. The fourth-order valence-electron chi connectivity index (χ4n) is 5.02. The molecule has 0 bridgehead atoms. The first kappa shape index (κ1) is 22.4. The highest BCUT2D eigenvalue weighted by molar-refractivity contribution is 5.74. The molecule has 0 spiro atoms. The van der Waals surface area contributed by atoms with Gasteiger partial charge >= 0.3 is 5.97 Å². The quantitative estimate of drug-likeness (QED) is 0.300. The highest BCUT2D eigenvalue weighted by Crippen LogP contribution is 2.44. The van der Waals surface area contributed by atoms with Gasteiger partial charge in [-0.25, -0.2) is 9.37 Å². The lowest BCUT2D eigenvalue weighted by atomic mass is 9.98. The van der Waals surface area contributed by atoms with Crippen molar-refractivity contribution in [3.63, 3.8) is 0 Å². The molecular weight excluding hydrogens is 465 g/mol. The number of aryl methyl sites for hydroxylation is 1. The van der Waals surface area contributed by atoms with Crippen molar-refractivity contribution in [1.82, 2.24) is 4.98 Å². The Kier molecular flexibility index (Phi) is 5.51. The fourth-order valence-corrected chi connectivity index (χ4v) is 5.02. The molecule has 1 aliphatic heterocycles. The molecule has 184 valence electrons. The number of carbonyl (C=O) groups excluding carboxylic acids is 1.